The summed E-state index contributed by atoms with van der Waals surface area (Å²) in [7, 11) is 1.71. The Labute approximate surface area is 104 Å². The van der Waals surface area contributed by atoms with Crippen molar-refractivity contribution in [3.05, 3.63) is 46.9 Å². The summed E-state index contributed by atoms with van der Waals surface area (Å²) in [5.74, 6) is 0. The minimum absolute atomic E-state index is 0.158. The van der Waals surface area contributed by atoms with Crippen LogP contribution in [0.5, 0.6) is 0 Å². The Hall–Kier alpha value is -1.68. The fourth-order valence-electron chi connectivity index (χ4n) is 1.70. The lowest BCUT2D eigenvalue weighted by Gasteiger charge is -2.07. The first-order valence-electron chi connectivity index (χ1n) is 5.22. The summed E-state index contributed by atoms with van der Waals surface area (Å²) in [5.41, 5.74) is 7.84. The molecular weight excluding hydrogens is 232 g/mol. The van der Waals surface area contributed by atoms with Crippen LogP contribution in [0.15, 0.2) is 46.2 Å². The lowest BCUT2D eigenvalue weighted by molar-refractivity contribution is 0.866. The van der Waals surface area contributed by atoms with Crippen LogP contribution in [0.3, 0.4) is 0 Å². The normalized spacial score (nSPS) is 10.5. The van der Waals surface area contributed by atoms with Crippen LogP contribution in [0, 0.1) is 0 Å². The highest BCUT2D eigenvalue weighted by atomic mass is 32.2. The third-order valence-electron chi connectivity index (χ3n) is 2.61. The van der Waals surface area contributed by atoms with Gasteiger partial charge in [-0.2, -0.15) is 0 Å². The van der Waals surface area contributed by atoms with Crippen molar-refractivity contribution in [2.75, 3.05) is 12.0 Å². The number of aryl methyl sites for hydroxylation is 1. The summed E-state index contributed by atoms with van der Waals surface area (Å²) in [5, 5.41) is 0. The number of nitrogens with two attached hydrogens (primary N) is 1. The van der Waals surface area contributed by atoms with Gasteiger partial charge >= 0.3 is 0 Å². The molecule has 4 heteroatoms. The van der Waals surface area contributed by atoms with E-state index in [4.69, 9.17) is 5.73 Å². The Kier molecular flexibility index (Phi) is 3.24. The maximum atomic E-state index is 11.5. The van der Waals surface area contributed by atoms with Gasteiger partial charge in [0, 0.05) is 23.7 Å². The quantitative estimate of drug-likeness (QED) is 0.827. The summed E-state index contributed by atoms with van der Waals surface area (Å²) in [6, 6.07) is 9.88. The molecule has 2 aromatic rings. The molecule has 0 unspecified atom stereocenters. The second-order valence-corrected chi connectivity index (χ2v) is 4.71. The van der Waals surface area contributed by atoms with Gasteiger partial charge in [0.2, 0.25) is 0 Å². The molecule has 1 aromatic heterocycles. The summed E-state index contributed by atoms with van der Waals surface area (Å²) in [6.07, 6.45) is 3.84. The molecule has 88 valence electrons. The summed E-state index contributed by atoms with van der Waals surface area (Å²) in [4.78, 5) is 12.7. The van der Waals surface area contributed by atoms with E-state index in [1.807, 2.05) is 18.4 Å². The third kappa shape index (κ3) is 2.36. The Balaban J connectivity index is 2.56. The highest BCUT2D eigenvalue weighted by molar-refractivity contribution is 7.98. The van der Waals surface area contributed by atoms with Crippen molar-refractivity contribution in [2.24, 2.45) is 7.05 Å². The van der Waals surface area contributed by atoms with Gasteiger partial charge in [0.05, 0.1) is 5.69 Å². The van der Waals surface area contributed by atoms with Gasteiger partial charge in [-0.05, 0) is 30.0 Å². The largest absolute Gasteiger partial charge is 0.394 e. The number of pyridine rings is 1. The van der Waals surface area contributed by atoms with Crippen LogP contribution < -0.4 is 11.3 Å². The highest BCUT2D eigenvalue weighted by Gasteiger charge is 2.04. The second kappa shape index (κ2) is 4.67. The number of rotatable bonds is 2. The Morgan fingerprint density at radius 1 is 1.24 bits per heavy atom. The first kappa shape index (κ1) is 11.8. The number of nitrogen functional groups attached to an aromatic ring is 1. The van der Waals surface area contributed by atoms with Crippen LogP contribution in [-0.4, -0.2) is 10.8 Å². The van der Waals surface area contributed by atoms with Crippen molar-refractivity contribution in [1.29, 1.82) is 0 Å². The van der Waals surface area contributed by atoms with E-state index in [1.165, 1.54) is 9.46 Å². The van der Waals surface area contributed by atoms with Gasteiger partial charge in [-0.1, -0.05) is 12.1 Å². The van der Waals surface area contributed by atoms with Crippen molar-refractivity contribution in [1.82, 2.24) is 4.57 Å². The van der Waals surface area contributed by atoms with Gasteiger partial charge in [0.25, 0.3) is 5.56 Å². The topological polar surface area (TPSA) is 48.0 Å². The molecule has 0 saturated heterocycles. The molecular formula is C13H14N2OS. The van der Waals surface area contributed by atoms with Gasteiger partial charge < -0.3 is 10.3 Å². The molecule has 0 bridgehead atoms. The van der Waals surface area contributed by atoms with E-state index in [-0.39, 0.29) is 11.2 Å². The molecule has 1 aromatic carbocycles. The maximum absolute atomic E-state index is 11.5. The number of anilines is 1. The zero-order valence-electron chi connectivity index (χ0n) is 9.81. The molecule has 0 atom stereocenters. The molecule has 0 spiro atoms. The molecule has 0 radical (unpaired) electrons. The zero-order valence-corrected chi connectivity index (χ0v) is 10.6. The molecule has 2 N–H and O–H groups in total. The number of benzene rings is 1. The third-order valence-corrected chi connectivity index (χ3v) is 3.34. The Bertz CT molecular complexity index is 578. The van der Waals surface area contributed by atoms with E-state index in [1.54, 1.807) is 31.1 Å². The molecule has 0 aliphatic rings. The van der Waals surface area contributed by atoms with Crippen LogP contribution >= 0.6 is 11.8 Å². The fourth-order valence-corrected chi connectivity index (χ4v) is 2.16. The molecule has 3 nitrogen and oxygen atoms in total. The van der Waals surface area contributed by atoms with Crippen molar-refractivity contribution in [3.63, 3.8) is 0 Å². The first-order valence-corrected chi connectivity index (χ1v) is 6.45. The van der Waals surface area contributed by atoms with E-state index in [0.29, 0.717) is 0 Å². The standard InChI is InChI=1S/C13H14N2OS/c1-15-8-10(7-12(14)13(15)16)9-4-3-5-11(6-9)17-2/h3-8H,14H2,1-2H3. The lowest BCUT2D eigenvalue weighted by atomic mass is 10.1. The summed E-state index contributed by atoms with van der Waals surface area (Å²) < 4.78 is 1.51. The molecule has 0 saturated carbocycles. The van der Waals surface area contributed by atoms with Gasteiger partial charge in [0.1, 0.15) is 0 Å². The molecule has 1 heterocycles. The number of hydrogen-bond donors (Lipinski definition) is 1. The van der Waals surface area contributed by atoms with Crippen LogP contribution in [0.1, 0.15) is 0 Å². The van der Waals surface area contributed by atoms with Gasteiger partial charge in [-0.3, -0.25) is 4.79 Å². The summed E-state index contributed by atoms with van der Waals surface area (Å²) in [6.45, 7) is 0. The van der Waals surface area contributed by atoms with Crippen LogP contribution in [0.25, 0.3) is 11.1 Å². The Morgan fingerprint density at radius 3 is 2.65 bits per heavy atom. The molecule has 0 aliphatic carbocycles. The molecule has 0 fully saturated rings. The van der Waals surface area contributed by atoms with E-state index >= 15 is 0 Å². The van der Waals surface area contributed by atoms with Crippen LogP contribution in [-0.2, 0) is 7.05 Å². The second-order valence-electron chi connectivity index (χ2n) is 3.83. The lowest BCUT2D eigenvalue weighted by Crippen LogP contribution is -2.19. The first-order chi connectivity index (χ1) is 8.11. The Morgan fingerprint density at radius 2 is 2.00 bits per heavy atom. The number of thioether (sulfide) groups is 1. The van der Waals surface area contributed by atoms with Crippen molar-refractivity contribution >= 4 is 17.4 Å². The van der Waals surface area contributed by atoms with Crippen molar-refractivity contribution < 1.29 is 0 Å². The van der Waals surface area contributed by atoms with Gasteiger partial charge in [0.15, 0.2) is 0 Å². The molecule has 0 amide bonds. The van der Waals surface area contributed by atoms with Gasteiger partial charge in [-0.25, -0.2) is 0 Å². The predicted molar refractivity (Wildman–Crippen MR) is 73.3 cm³/mol. The zero-order chi connectivity index (χ0) is 12.4. The molecule has 17 heavy (non-hydrogen) atoms. The van der Waals surface area contributed by atoms with E-state index in [2.05, 4.69) is 12.1 Å². The minimum atomic E-state index is -0.158. The van der Waals surface area contributed by atoms with Gasteiger partial charge in [-0.15, -0.1) is 11.8 Å². The fraction of sp³-hybridized carbons (Fsp3) is 0.154. The van der Waals surface area contributed by atoms with Crippen LogP contribution in [0.4, 0.5) is 5.69 Å². The average Bonchev–Trinajstić information content (AvgIpc) is 2.35. The highest BCUT2D eigenvalue weighted by Crippen LogP contribution is 2.24. The smallest absolute Gasteiger partial charge is 0.273 e. The monoisotopic (exact) mass is 246 g/mol. The molecule has 0 aliphatic heterocycles. The number of nitrogens with zero attached hydrogens (tertiary/aromatic N) is 1. The number of aromatic nitrogens is 1. The molecule has 2 rings (SSSR count). The van der Waals surface area contributed by atoms with Crippen LogP contribution in [0.2, 0.25) is 0 Å². The van der Waals surface area contributed by atoms with E-state index < -0.39 is 0 Å². The van der Waals surface area contributed by atoms with Crippen molar-refractivity contribution in [3.8, 4) is 11.1 Å². The summed E-state index contributed by atoms with van der Waals surface area (Å²) >= 11 is 1.69. The minimum Gasteiger partial charge on any atom is -0.394 e. The maximum Gasteiger partial charge on any atom is 0.273 e. The average molecular weight is 246 g/mol. The SMILES string of the molecule is CSc1cccc(-c2cc(N)c(=O)n(C)c2)c1. The van der Waals surface area contributed by atoms with Crippen molar-refractivity contribution in [2.45, 2.75) is 4.90 Å². The van der Waals surface area contributed by atoms with E-state index in [0.717, 1.165) is 11.1 Å². The number of hydrogen-bond acceptors (Lipinski definition) is 3. The van der Waals surface area contributed by atoms with E-state index in [9.17, 15) is 4.79 Å². The predicted octanol–water partition coefficient (Wildman–Crippen LogP) is 2.36.